The SMILES string of the molecule is CC(C)(C)OC(=O)NC1CCCC(=O)CCCCC(=O)CC1. The van der Waals surface area contributed by atoms with Crippen LogP contribution in [0.4, 0.5) is 4.79 Å². The van der Waals surface area contributed by atoms with Crippen LogP contribution in [0.2, 0.25) is 0 Å². The molecule has 0 heterocycles. The number of ether oxygens (including phenoxy) is 1. The van der Waals surface area contributed by atoms with E-state index >= 15 is 0 Å². The van der Waals surface area contributed by atoms with E-state index in [-0.39, 0.29) is 17.6 Å². The van der Waals surface area contributed by atoms with Crippen molar-refractivity contribution in [3.63, 3.8) is 0 Å². The smallest absolute Gasteiger partial charge is 0.407 e. The molecule has 1 aliphatic carbocycles. The third-order valence-electron chi connectivity index (χ3n) is 3.66. The number of nitrogens with one attached hydrogen (secondary N) is 1. The standard InChI is InChI=1S/C17H29NO4/c1-17(2,3)22-16(21)18-13-7-6-10-14(19)8-4-5-9-15(20)12-11-13/h13H,4-12H2,1-3H3,(H,18,21). The van der Waals surface area contributed by atoms with Gasteiger partial charge in [0.2, 0.25) is 0 Å². The predicted molar refractivity (Wildman–Crippen MR) is 84.7 cm³/mol. The summed E-state index contributed by atoms with van der Waals surface area (Å²) >= 11 is 0. The van der Waals surface area contributed by atoms with E-state index in [1.165, 1.54) is 0 Å². The Bertz CT molecular complexity index is 398. The summed E-state index contributed by atoms with van der Waals surface area (Å²) in [5, 5.41) is 2.84. The first kappa shape index (κ1) is 18.7. The summed E-state index contributed by atoms with van der Waals surface area (Å²) in [6, 6.07) is -0.106. The first-order valence-corrected chi connectivity index (χ1v) is 8.29. The third kappa shape index (κ3) is 8.80. The van der Waals surface area contributed by atoms with Crippen molar-refractivity contribution in [1.82, 2.24) is 5.32 Å². The average molecular weight is 311 g/mol. The second-order valence-electron chi connectivity index (χ2n) is 7.06. The van der Waals surface area contributed by atoms with Crippen molar-refractivity contribution in [3.05, 3.63) is 0 Å². The molecule has 1 saturated carbocycles. The Morgan fingerprint density at radius 1 is 0.955 bits per heavy atom. The van der Waals surface area contributed by atoms with Gasteiger partial charge in [0.1, 0.15) is 17.2 Å². The van der Waals surface area contributed by atoms with Crippen LogP contribution in [0.15, 0.2) is 0 Å². The minimum Gasteiger partial charge on any atom is -0.444 e. The lowest BCUT2D eigenvalue weighted by atomic mass is 9.97. The van der Waals surface area contributed by atoms with Crippen molar-refractivity contribution < 1.29 is 19.1 Å². The molecule has 1 amide bonds. The zero-order valence-electron chi connectivity index (χ0n) is 14.1. The number of Topliss-reactive ketones (excluding diaryl/α,β-unsaturated/α-hetero) is 2. The zero-order valence-corrected chi connectivity index (χ0v) is 14.1. The van der Waals surface area contributed by atoms with Crippen LogP contribution in [0.5, 0.6) is 0 Å². The fourth-order valence-corrected chi connectivity index (χ4v) is 2.54. The Balaban J connectivity index is 2.54. The molecule has 1 aliphatic rings. The summed E-state index contributed by atoms with van der Waals surface area (Å²) in [4.78, 5) is 35.4. The first-order chi connectivity index (χ1) is 10.3. The van der Waals surface area contributed by atoms with Crippen molar-refractivity contribution in [2.24, 2.45) is 0 Å². The Kier molecular flexibility index (Phi) is 7.56. The summed E-state index contributed by atoms with van der Waals surface area (Å²) < 4.78 is 5.26. The number of amides is 1. The summed E-state index contributed by atoms with van der Waals surface area (Å²) in [5.74, 6) is 0.466. The molecule has 0 aromatic heterocycles. The van der Waals surface area contributed by atoms with Crippen LogP contribution in [0, 0.1) is 0 Å². The van der Waals surface area contributed by atoms with Gasteiger partial charge in [-0.05, 0) is 52.9 Å². The number of ketones is 2. The highest BCUT2D eigenvalue weighted by atomic mass is 16.6. The molecule has 1 N–H and O–H groups in total. The van der Waals surface area contributed by atoms with E-state index in [0.717, 1.165) is 19.3 Å². The lowest BCUT2D eigenvalue weighted by Gasteiger charge is -2.23. The fraction of sp³-hybridized carbons (Fsp3) is 0.824. The molecule has 5 nitrogen and oxygen atoms in total. The quantitative estimate of drug-likeness (QED) is 0.804. The largest absolute Gasteiger partial charge is 0.444 e. The van der Waals surface area contributed by atoms with Crippen LogP contribution < -0.4 is 5.32 Å². The number of alkyl carbamates (subject to hydrolysis) is 1. The van der Waals surface area contributed by atoms with Gasteiger partial charge in [0.25, 0.3) is 0 Å². The van der Waals surface area contributed by atoms with E-state index in [1.54, 1.807) is 0 Å². The number of hydrogen-bond donors (Lipinski definition) is 1. The molecule has 0 aromatic rings. The maximum absolute atomic E-state index is 11.9. The second kappa shape index (κ2) is 8.91. The molecule has 5 heteroatoms. The van der Waals surface area contributed by atoms with Gasteiger partial charge in [-0.25, -0.2) is 4.79 Å². The molecule has 0 aromatic carbocycles. The first-order valence-electron chi connectivity index (χ1n) is 8.29. The van der Waals surface area contributed by atoms with Crippen LogP contribution in [0.1, 0.15) is 78.6 Å². The van der Waals surface area contributed by atoms with E-state index in [9.17, 15) is 14.4 Å². The van der Waals surface area contributed by atoms with Crippen LogP contribution in [-0.2, 0) is 14.3 Å². The number of hydrogen-bond acceptors (Lipinski definition) is 4. The minimum atomic E-state index is -0.540. The van der Waals surface area contributed by atoms with Crippen molar-refractivity contribution in [3.8, 4) is 0 Å². The molecule has 0 spiro atoms. The Hall–Kier alpha value is -1.39. The van der Waals surface area contributed by atoms with Gasteiger partial charge in [-0.2, -0.15) is 0 Å². The van der Waals surface area contributed by atoms with Gasteiger partial charge in [-0.3, -0.25) is 9.59 Å². The highest BCUT2D eigenvalue weighted by Gasteiger charge is 2.20. The Labute approximate surface area is 133 Å². The molecule has 1 atom stereocenters. The van der Waals surface area contributed by atoms with E-state index in [0.29, 0.717) is 38.5 Å². The summed E-state index contributed by atoms with van der Waals surface area (Å²) in [6.07, 6.45) is 5.35. The van der Waals surface area contributed by atoms with E-state index in [4.69, 9.17) is 4.74 Å². The summed E-state index contributed by atoms with van der Waals surface area (Å²) in [6.45, 7) is 5.45. The molecule has 0 radical (unpaired) electrons. The molecular formula is C17H29NO4. The van der Waals surface area contributed by atoms with Gasteiger partial charge >= 0.3 is 6.09 Å². The summed E-state index contributed by atoms with van der Waals surface area (Å²) in [5.41, 5.74) is -0.540. The second-order valence-corrected chi connectivity index (χ2v) is 7.06. The van der Waals surface area contributed by atoms with Gasteiger partial charge < -0.3 is 10.1 Å². The minimum absolute atomic E-state index is 0.106. The molecule has 0 bridgehead atoms. The topological polar surface area (TPSA) is 72.5 Å². The van der Waals surface area contributed by atoms with Crippen molar-refractivity contribution in [1.29, 1.82) is 0 Å². The van der Waals surface area contributed by atoms with Crippen LogP contribution in [0.25, 0.3) is 0 Å². The maximum Gasteiger partial charge on any atom is 0.407 e. The lowest BCUT2D eigenvalue weighted by Crippen LogP contribution is -2.39. The van der Waals surface area contributed by atoms with Gasteiger partial charge in [-0.1, -0.05) is 0 Å². The highest BCUT2D eigenvalue weighted by Crippen LogP contribution is 2.15. The maximum atomic E-state index is 11.9. The Morgan fingerprint density at radius 2 is 1.50 bits per heavy atom. The van der Waals surface area contributed by atoms with Gasteiger partial charge in [0.15, 0.2) is 0 Å². The molecule has 0 saturated heterocycles. The highest BCUT2D eigenvalue weighted by molar-refractivity contribution is 5.79. The normalized spacial score (nSPS) is 22.4. The number of carbonyl (C=O) groups is 3. The van der Waals surface area contributed by atoms with Gasteiger partial charge in [0.05, 0.1) is 0 Å². The molecule has 0 aliphatic heterocycles. The Morgan fingerprint density at radius 3 is 2.09 bits per heavy atom. The average Bonchev–Trinajstić information content (AvgIpc) is 2.37. The monoisotopic (exact) mass is 311 g/mol. The third-order valence-corrected chi connectivity index (χ3v) is 3.66. The molecule has 1 rings (SSSR count). The van der Waals surface area contributed by atoms with Crippen molar-refractivity contribution in [2.75, 3.05) is 0 Å². The molecule has 1 fully saturated rings. The van der Waals surface area contributed by atoms with Crippen LogP contribution in [-0.4, -0.2) is 29.3 Å². The van der Waals surface area contributed by atoms with Crippen LogP contribution in [0.3, 0.4) is 0 Å². The van der Waals surface area contributed by atoms with Gasteiger partial charge in [0, 0.05) is 31.7 Å². The molecule has 22 heavy (non-hydrogen) atoms. The van der Waals surface area contributed by atoms with Crippen molar-refractivity contribution in [2.45, 2.75) is 90.2 Å². The predicted octanol–water partition coefficient (Wildman–Crippen LogP) is 3.54. The molecule has 1 unspecified atom stereocenters. The fourth-order valence-electron chi connectivity index (χ4n) is 2.54. The number of carbonyl (C=O) groups excluding carboxylic acids is 3. The molecular weight excluding hydrogens is 282 g/mol. The zero-order chi connectivity index (χ0) is 16.6. The van der Waals surface area contributed by atoms with E-state index < -0.39 is 11.7 Å². The van der Waals surface area contributed by atoms with E-state index in [1.807, 2.05) is 20.8 Å². The van der Waals surface area contributed by atoms with Crippen LogP contribution >= 0.6 is 0 Å². The van der Waals surface area contributed by atoms with E-state index in [2.05, 4.69) is 5.32 Å². The van der Waals surface area contributed by atoms with Crippen molar-refractivity contribution >= 4 is 17.7 Å². The lowest BCUT2D eigenvalue weighted by molar-refractivity contribution is -0.121. The molecule has 126 valence electrons. The number of rotatable bonds is 1. The van der Waals surface area contributed by atoms with Gasteiger partial charge in [-0.15, -0.1) is 0 Å². The summed E-state index contributed by atoms with van der Waals surface area (Å²) in [7, 11) is 0.